The quantitative estimate of drug-likeness (QED) is 0.913. The van der Waals surface area contributed by atoms with Crippen molar-refractivity contribution in [2.75, 3.05) is 0 Å². The Labute approximate surface area is 121 Å². The number of ether oxygens (including phenoxy) is 1. The first kappa shape index (κ1) is 14.5. The van der Waals surface area contributed by atoms with E-state index in [9.17, 15) is 13.6 Å². The molecule has 3 nitrogen and oxygen atoms in total. The molecule has 0 saturated heterocycles. The van der Waals surface area contributed by atoms with Crippen molar-refractivity contribution in [1.82, 2.24) is 0 Å². The average Bonchev–Trinajstić information content (AvgIpc) is 2.40. The van der Waals surface area contributed by atoms with Gasteiger partial charge in [0.1, 0.15) is 24.0 Å². The van der Waals surface area contributed by atoms with Crippen molar-refractivity contribution in [2.24, 2.45) is 0 Å². The van der Waals surface area contributed by atoms with E-state index in [1.54, 1.807) is 0 Å². The van der Waals surface area contributed by atoms with Gasteiger partial charge in [0, 0.05) is 0 Å². The highest BCUT2D eigenvalue weighted by Crippen LogP contribution is 2.22. The summed E-state index contributed by atoms with van der Waals surface area (Å²) in [6.07, 6.45) is 0. The fourth-order valence-electron chi connectivity index (χ4n) is 1.56. The molecule has 2 aromatic rings. The Morgan fingerprint density at radius 2 is 1.90 bits per heavy atom. The second-order valence-corrected chi connectivity index (χ2v) is 4.84. The summed E-state index contributed by atoms with van der Waals surface area (Å²) in [5, 5.41) is 8.71. The minimum absolute atomic E-state index is 0.0505. The fourth-order valence-corrected chi connectivity index (χ4v) is 1.91. The van der Waals surface area contributed by atoms with Crippen LogP contribution in [0, 0.1) is 11.6 Å². The molecule has 20 heavy (non-hydrogen) atoms. The summed E-state index contributed by atoms with van der Waals surface area (Å²) >= 11 is 3.03. The Balaban J connectivity index is 2.09. The summed E-state index contributed by atoms with van der Waals surface area (Å²) in [7, 11) is 0. The Hall–Kier alpha value is -1.95. The molecule has 0 aliphatic rings. The molecular weight excluding hydrogens is 334 g/mol. The van der Waals surface area contributed by atoms with Crippen LogP contribution in [0.5, 0.6) is 5.75 Å². The van der Waals surface area contributed by atoms with E-state index in [0.29, 0.717) is 11.3 Å². The molecule has 0 bridgehead atoms. The first-order valence-electron chi connectivity index (χ1n) is 5.57. The van der Waals surface area contributed by atoms with E-state index in [1.807, 2.05) is 0 Å². The lowest BCUT2D eigenvalue weighted by atomic mass is 10.1. The fraction of sp³-hybridized carbons (Fsp3) is 0.0714. The highest BCUT2D eigenvalue weighted by Gasteiger charge is 2.10. The molecule has 2 aromatic carbocycles. The number of rotatable bonds is 4. The SMILES string of the molecule is O=C(O)c1ccc(COc2ccc(F)c(Br)c2)cc1F. The van der Waals surface area contributed by atoms with Gasteiger partial charge in [-0.15, -0.1) is 0 Å². The molecule has 6 heteroatoms. The number of benzene rings is 2. The molecule has 0 atom stereocenters. The largest absolute Gasteiger partial charge is 0.489 e. The molecule has 0 heterocycles. The van der Waals surface area contributed by atoms with Crippen molar-refractivity contribution in [2.45, 2.75) is 6.61 Å². The van der Waals surface area contributed by atoms with Crippen LogP contribution in [-0.4, -0.2) is 11.1 Å². The summed E-state index contributed by atoms with van der Waals surface area (Å²) in [5.41, 5.74) is 0.0891. The minimum Gasteiger partial charge on any atom is -0.489 e. The van der Waals surface area contributed by atoms with Gasteiger partial charge in [-0.1, -0.05) is 6.07 Å². The maximum Gasteiger partial charge on any atom is 0.338 e. The molecule has 0 amide bonds. The average molecular weight is 343 g/mol. The van der Waals surface area contributed by atoms with Gasteiger partial charge < -0.3 is 9.84 Å². The zero-order chi connectivity index (χ0) is 14.7. The first-order valence-corrected chi connectivity index (χ1v) is 6.36. The molecule has 0 unspecified atom stereocenters. The van der Waals surface area contributed by atoms with Crippen LogP contribution in [0.25, 0.3) is 0 Å². The molecule has 0 fully saturated rings. The summed E-state index contributed by atoms with van der Waals surface area (Å²) in [6.45, 7) is 0.0505. The van der Waals surface area contributed by atoms with Gasteiger partial charge in [0.05, 0.1) is 10.0 Å². The second-order valence-electron chi connectivity index (χ2n) is 3.98. The molecule has 0 aromatic heterocycles. The normalized spacial score (nSPS) is 10.3. The number of halogens is 3. The van der Waals surface area contributed by atoms with Gasteiger partial charge in [-0.05, 0) is 51.8 Å². The van der Waals surface area contributed by atoms with Crippen molar-refractivity contribution in [3.63, 3.8) is 0 Å². The monoisotopic (exact) mass is 342 g/mol. The van der Waals surface area contributed by atoms with Gasteiger partial charge >= 0.3 is 5.97 Å². The Bertz CT molecular complexity index is 659. The molecule has 0 aliphatic heterocycles. The third kappa shape index (κ3) is 3.33. The predicted molar refractivity (Wildman–Crippen MR) is 71.8 cm³/mol. The molecule has 0 aliphatic carbocycles. The Kier molecular flexibility index (Phi) is 4.34. The number of carbonyl (C=O) groups is 1. The van der Waals surface area contributed by atoms with Crippen molar-refractivity contribution in [1.29, 1.82) is 0 Å². The van der Waals surface area contributed by atoms with Crippen LogP contribution >= 0.6 is 15.9 Å². The topological polar surface area (TPSA) is 46.5 Å². The van der Waals surface area contributed by atoms with Crippen LogP contribution in [0.2, 0.25) is 0 Å². The smallest absolute Gasteiger partial charge is 0.338 e. The van der Waals surface area contributed by atoms with E-state index >= 15 is 0 Å². The van der Waals surface area contributed by atoms with Crippen LogP contribution in [0.15, 0.2) is 40.9 Å². The molecule has 2 rings (SSSR count). The number of hydrogen-bond acceptors (Lipinski definition) is 2. The van der Waals surface area contributed by atoms with E-state index in [4.69, 9.17) is 9.84 Å². The molecule has 1 N–H and O–H groups in total. The summed E-state index contributed by atoms with van der Waals surface area (Å²) in [6, 6.07) is 7.89. The first-order chi connectivity index (χ1) is 9.47. The van der Waals surface area contributed by atoms with E-state index < -0.39 is 23.2 Å². The van der Waals surface area contributed by atoms with Crippen LogP contribution in [0.1, 0.15) is 15.9 Å². The van der Waals surface area contributed by atoms with Crippen molar-refractivity contribution in [3.8, 4) is 5.75 Å². The number of carboxylic acid groups (broad SMARTS) is 1. The highest BCUT2D eigenvalue weighted by molar-refractivity contribution is 9.10. The maximum absolute atomic E-state index is 13.5. The summed E-state index contributed by atoms with van der Waals surface area (Å²) in [5.74, 6) is -2.13. The number of carboxylic acids is 1. The Morgan fingerprint density at radius 3 is 2.50 bits per heavy atom. The Morgan fingerprint density at radius 1 is 1.15 bits per heavy atom. The van der Waals surface area contributed by atoms with Crippen LogP contribution in [0.3, 0.4) is 0 Å². The van der Waals surface area contributed by atoms with Gasteiger partial charge in [-0.25, -0.2) is 13.6 Å². The molecule has 0 spiro atoms. The lowest BCUT2D eigenvalue weighted by Crippen LogP contribution is -2.03. The number of aromatic carboxylic acids is 1. The van der Waals surface area contributed by atoms with Crippen LogP contribution < -0.4 is 4.74 Å². The number of hydrogen-bond donors (Lipinski definition) is 1. The van der Waals surface area contributed by atoms with E-state index in [-0.39, 0.29) is 11.1 Å². The van der Waals surface area contributed by atoms with E-state index in [2.05, 4.69) is 15.9 Å². The molecule has 0 saturated carbocycles. The summed E-state index contributed by atoms with van der Waals surface area (Å²) in [4.78, 5) is 10.7. The van der Waals surface area contributed by atoms with Gasteiger partial charge in [0.25, 0.3) is 0 Å². The minimum atomic E-state index is -1.32. The molecule has 104 valence electrons. The standard InChI is InChI=1S/C14H9BrF2O3/c15-11-6-9(2-4-12(11)16)20-7-8-1-3-10(14(18)19)13(17)5-8/h1-6H,7H2,(H,18,19). The van der Waals surface area contributed by atoms with Crippen molar-refractivity contribution < 1.29 is 23.4 Å². The molecule has 0 radical (unpaired) electrons. The zero-order valence-electron chi connectivity index (χ0n) is 10.1. The van der Waals surface area contributed by atoms with Gasteiger partial charge in [-0.3, -0.25) is 0 Å². The zero-order valence-corrected chi connectivity index (χ0v) is 11.7. The summed E-state index contributed by atoms with van der Waals surface area (Å²) < 4.78 is 32.1. The maximum atomic E-state index is 13.5. The molecular formula is C14H9BrF2O3. The van der Waals surface area contributed by atoms with Crippen LogP contribution in [-0.2, 0) is 6.61 Å². The lowest BCUT2D eigenvalue weighted by molar-refractivity contribution is 0.0692. The van der Waals surface area contributed by atoms with E-state index in [1.165, 1.54) is 30.3 Å². The third-order valence-electron chi connectivity index (χ3n) is 2.56. The van der Waals surface area contributed by atoms with Gasteiger partial charge in [0.2, 0.25) is 0 Å². The third-order valence-corrected chi connectivity index (χ3v) is 3.17. The second kappa shape index (κ2) is 6.00. The lowest BCUT2D eigenvalue weighted by Gasteiger charge is -2.08. The van der Waals surface area contributed by atoms with E-state index in [0.717, 1.165) is 6.07 Å². The predicted octanol–water partition coefficient (Wildman–Crippen LogP) is 4.00. The van der Waals surface area contributed by atoms with Crippen molar-refractivity contribution >= 4 is 21.9 Å². The highest BCUT2D eigenvalue weighted by atomic mass is 79.9. The van der Waals surface area contributed by atoms with Crippen molar-refractivity contribution in [3.05, 3.63) is 63.6 Å². The van der Waals surface area contributed by atoms with Crippen LogP contribution in [0.4, 0.5) is 8.78 Å². The van der Waals surface area contributed by atoms with Gasteiger partial charge in [-0.2, -0.15) is 0 Å². The van der Waals surface area contributed by atoms with Gasteiger partial charge in [0.15, 0.2) is 0 Å².